The van der Waals surface area contributed by atoms with E-state index in [1.54, 1.807) is 0 Å². The Balaban J connectivity index is 3.13. The average molecular weight is 208 g/mol. The zero-order valence-corrected chi connectivity index (χ0v) is 7.83. The quantitative estimate of drug-likeness (QED) is 0.719. The second-order valence-electron chi connectivity index (χ2n) is 2.74. The third kappa shape index (κ3) is 2.79. The van der Waals surface area contributed by atoms with E-state index in [4.69, 9.17) is 10.2 Å². The van der Waals surface area contributed by atoms with Gasteiger partial charge in [0.2, 0.25) is 0 Å². The molecule has 0 saturated carbocycles. The molecule has 0 bridgehead atoms. The van der Waals surface area contributed by atoms with Crippen LogP contribution < -0.4 is 0 Å². The number of carboxylic acid groups (broad SMARTS) is 1. The lowest BCUT2D eigenvalue weighted by molar-refractivity contribution is 0.0691. The van der Waals surface area contributed by atoms with Crippen molar-refractivity contribution in [1.82, 2.24) is 0 Å². The zero-order valence-electron chi connectivity index (χ0n) is 7.83. The number of rotatable bonds is 2. The fourth-order valence-electron chi connectivity index (χ4n) is 1.06. The molecule has 78 valence electrons. The van der Waals surface area contributed by atoms with Gasteiger partial charge in [0.25, 0.3) is 0 Å². The molecule has 0 aliphatic rings. The number of aliphatic hydroxyl groups is 1. The summed E-state index contributed by atoms with van der Waals surface area (Å²) in [6, 6.07) is 3.89. The number of hydrogen-bond acceptors (Lipinski definition) is 2. The second kappa shape index (κ2) is 5.13. The van der Waals surface area contributed by atoms with Crippen molar-refractivity contribution in [3.8, 4) is 11.8 Å². The van der Waals surface area contributed by atoms with Crippen molar-refractivity contribution in [2.24, 2.45) is 0 Å². The average Bonchev–Trinajstić information content (AvgIpc) is 2.17. The van der Waals surface area contributed by atoms with Gasteiger partial charge in [-0.15, -0.1) is 0 Å². The first-order valence-corrected chi connectivity index (χ1v) is 4.28. The number of aromatic carboxylic acids is 1. The first-order chi connectivity index (χ1) is 7.16. The van der Waals surface area contributed by atoms with Crippen molar-refractivity contribution >= 4 is 5.97 Å². The van der Waals surface area contributed by atoms with Crippen LogP contribution in [0.5, 0.6) is 0 Å². The van der Waals surface area contributed by atoms with Crippen LogP contribution in [0.3, 0.4) is 0 Å². The SMILES string of the molecule is O=C(O)c1c(F)cccc1C#CCCO. The Bertz CT molecular complexity index is 429. The molecule has 0 unspecified atom stereocenters. The Labute approximate surface area is 86.2 Å². The lowest BCUT2D eigenvalue weighted by Crippen LogP contribution is -2.03. The summed E-state index contributed by atoms with van der Waals surface area (Å²) in [5.74, 6) is 2.90. The molecule has 0 aromatic heterocycles. The molecule has 0 aliphatic heterocycles. The molecule has 0 radical (unpaired) electrons. The largest absolute Gasteiger partial charge is 0.478 e. The van der Waals surface area contributed by atoms with Crippen molar-refractivity contribution in [2.75, 3.05) is 6.61 Å². The summed E-state index contributed by atoms with van der Waals surface area (Å²) < 4.78 is 13.1. The smallest absolute Gasteiger partial charge is 0.339 e. The monoisotopic (exact) mass is 208 g/mol. The van der Waals surface area contributed by atoms with E-state index >= 15 is 0 Å². The highest BCUT2D eigenvalue weighted by atomic mass is 19.1. The molecule has 0 atom stereocenters. The van der Waals surface area contributed by atoms with Crippen LogP contribution >= 0.6 is 0 Å². The Kier molecular flexibility index (Phi) is 3.83. The fourth-order valence-corrected chi connectivity index (χ4v) is 1.06. The predicted octanol–water partition coefficient (Wildman–Crippen LogP) is 1.26. The maximum atomic E-state index is 13.1. The molecule has 0 amide bonds. The molecule has 1 rings (SSSR count). The van der Waals surface area contributed by atoms with E-state index < -0.39 is 17.3 Å². The van der Waals surface area contributed by atoms with Crippen molar-refractivity contribution < 1.29 is 19.4 Å². The van der Waals surface area contributed by atoms with Gasteiger partial charge in [0.15, 0.2) is 0 Å². The Morgan fingerprint density at radius 3 is 2.80 bits per heavy atom. The van der Waals surface area contributed by atoms with E-state index in [-0.39, 0.29) is 18.6 Å². The number of carbonyl (C=O) groups is 1. The van der Waals surface area contributed by atoms with Gasteiger partial charge in [-0.25, -0.2) is 9.18 Å². The highest BCUT2D eigenvalue weighted by Gasteiger charge is 2.13. The van der Waals surface area contributed by atoms with Gasteiger partial charge in [0, 0.05) is 12.0 Å². The van der Waals surface area contributed by atoms with E-state index in [9.17, 15) is 9.18 Å². The molecule has 0 spiro atoms. The summed E-state index contributed by atoms with van der Waals surface area (Å²) in [6.07, 6.45) is 0.232. The summed E-state index contributed by atoms with van der Waals surface area (Å²) in [5.41, 5.74) is -0.307. The van der Waals surface area contributed by atoms with E-state index in [2.05, 4.69) is 11.8 Å². The molecule has 0 aliphatic carbocycles. The van der Waals surface area contributed by atoms with E-state index in [1.807, 2.05) is 0 Å². The lowest BCUT2D eigenvalue weighted by atomic mass is 10.1. The molecule has 0 fully saturated rings. The van der Waals surface area contributed by atoms with Gasteiger partial charge < -0.3 is 10.2 Å². The van der Waals surface area contributed by atoms with Crippen LogP contribution in [-0.2, 0) is 0 Å². The van der Waals surface area contributed by atoms with Crippen LogP contribution in [0.4, 0.5) is 4.39 Å². The van der Waals surface area contributed by atoms with Crippen LogP contribution in [0.15, 0.2) is 18.2 Å². The number of hydrogen-bond donors (Lipinski definition) is 2. The predicted molar refractivity (Wildman–Crippen MR) is 51.9 cm³/mol. The molecular weight excluding hydrogens is 199 g/mol. The molecular formula is C11H9FO3. The maximum Gasteiger partial charge on any atom is 0.339 e. The van der Waals surface area contributed by atoms with E-state index in [1.165, 1.54) is 12.1 Å². The molecule has 2 N–H and O–H groups in total. The van der Waals surface area contributed by atoms with Crippen LogP contribution in [0.2, 0.25) is 0 Å². The number of benzene rings is 1. The summed E-state index contributed by atoms with van der Waals surface area (Å²) in [4.78, 5) is 10.7. The highest BCUT2D eigenvalue weighted by Crippen LogP contribution is 2.12. The minimum absolute atomic E-state index is 0.106. The maximum absolute atomic E-state index is 13.1. The van der Waals surface area contributed by atoms with E-state index in [0.717, 1.165) is 6.07 Å². The normalized spacial score (nSPS) is 9.20. The highest BCUT2D eigenvalue weighted by molar-refractivity contribution is 5.91. The zero-order chi connectivity index (χ0) is 11.3. The summed E-state index contributed by atoms with van der Waals surface area (Å²) >= 11 is 0. The third-order valence-corrected chi connectivity index (χ3v) is 1.69. The van der Waals surface area contributed by atoms with Gasteiger partial charge in [-0.2, -0.15) is 0 Å². The van der Waals surface area contributed by atoms with E-state index in [0.29, 0.717) is 0 Å². The topological polar surface area (TPSA) is 57.5 Å². The molecule has 1 aromatic rings. The second-order valence-corrected chi connectivity index (χ2v) is 2.74. The van der Waals surface area contributed by atoms with Crippen molar-refractivity contribution in [2.45, 2.75) is 6.42 Å². The Hall–Kier alpha value is -1.86. The van der Waals surface area contributed by atoms with Crippen LogP contribution in [0.25, 0.3) is 0 Å². The summed E-state index contributed by atoms with van der Waals surface area (Å²) in [5, 5.41) is 17.2. The number of aliphatic hydroxyl groups excluding tert-OH is 1. The Morgan fingerprint density at radius 1 is 1.47 bits per heavy atom. The van der Waals surface area contributed by atoms with Gasteiger partial charge in [-0.1, -0.05) is 17.9 Å². The number of halogens is 1. The molecule has 15 heavy (non-hydrogen) atoms. The summed E-state index contributed by atoms with van der Waals surface area (Å²) in [6.45, 7) is -0.106. The number of carboxylic acids is 1. The molecule has 0 heterocycles. The minimum Gasteiger partial charge on any atom is -0.478 e. The van der Waals surface area contributed by atoms with Gasteiger partial charge in [-0.05, 0) is 12.1 Å². The van der Waals surface area contributed by atoms with Crippen molar-refractivity contribution in [3.05, 3.63) is 35.1 Å². The van der Waals surface area contributed by atoms with Gasteiger partial charge >= 0.3 is 5.97 Å². The van der Waals surface area contributed by atoms with Crippen molar-refractivity contribution in [1.29, 1.82) is 0 Å². The van der Waals surface area contributed by atoms with Gasteiger partial charge in [0.1, 0.15) is 11.4 Å². The van der Waals surface area contributed by atoms with Gasteiger partial charge in [0.05, 0.1) is 6.61 Å². The Morgan fingerprint density at radius 2 is 2.20 bits per heavy atom. The molecule has 1 aromatic carbocycles. The first kappa shape index (κ1) is 11.2. The molecule has 0 saturated heterocycles. The van der Waals surface area contributed by atoms with Gasteiger partial charge in [-0.3, -0.25) is 0 Å². The minimum atomic E-state index is -1.35. The van der Waals surface area contributed by atoms with Crippen LogP contribution in [0, 0.1) is 17.7 Å². The van der Waals surface area contributed by atoms with Crippen molar-refractivity contribution in [3.63, 3.8) is 0 Å². The lowest BCUT2D eigenvalue weighted by Gasteiger charge is -1.99. The van der Waals surface area contributed by atoms with Crippen LogP contribution in [-0.4, -0.2) is 22.8 Å². The third-order valence-electron chi connectivity index (χ3n) is 1.69. The fraction of sp³-hybridized carbons (Fsp3) is 0.182. The standard InChI is InChI=1S/C11H9FO3/c12-9-6-3-5-8(4-1-2-7-13)10(9)11(14)15/h3,5-6,13H,2,7H2,(H,14,15). The first-order valence-electron chi connectivity index (χ1n) is 4.28. The molecule has 3 nitrogen and oxygen atoms in total. The summed E-state index contributed by atoms with van der Waals surface area (Å²) in [7, 11) is 0. The van der Waals surface area contributed by atoms with Crippen LogP contribution in [0.1, 0.15) is 22.3 Å². The molecule has 4 heteroatoms.